The molecule has 0 spiro atoms. The highest BCUT2D eigenvalue weighted by Crippen LogP contribution is 2.42. The largest absolute Gasteiger partial charge is 0.465 e. The van der Waals surface area contributed by atoms with E-state index in [0.717, 1.165) is 41.7 Å². The quantitative estimate of drug-likeness (QED) is 0.0561. The predicted octanol–water partition coefficient (Wildman–Crippen LogP) is -0.569. The van der Waals surface area contributed by atoms with Crippen molar-refractivity contribution in [2.45, 2.75) is 139 Å². The Morgan fingerprint density at radius 2 is 1.39 bits per heavy atom. The summed E-state index contributed by atoms with van der Waals surface area (Å²) >= 11 is 0. The van der Waals surface area contributed by atoms with Crippen molar-refractivity contribution >= 4 is 83.1 Å². The molecule has 64 heavy (non-hydrogen) atoms. The van der Waals surface area contributed by atoms with Crippen LogP contribution in [0.2, 0.25) is 0 Å². The van der Waals surface area contributed by atoms with Gasteiger partial charge in [-0.3, -0.25) is 24.0 Å². The molecule has 21 atom stereocenters. The molecule has 10 unspecified atom stereocenters. The molecule has 1 amide bonds. The summed E-state index contributed by atoms with van der Waals surface area (Å²) in [5.41, 5.74) is 0. The van der Waals surface area contributed by atoms with Gasteiger partial charge in [0.15, 0.2) is 24.8 Å². The van der Waals surface area contributed by atoms with Gasteiger partial charge in [0.05, 0.1) is 39.4 Å². The minimum absolute atomic E-state index is 0.0774. The number of aliphatic hydroxyl groups excluding tert-OH is 1. The number of rotatable bonds is 23. The Morgan fingerprint density at radius 1 is 0.797 bits per heavy atom. The average molecular weight is 1020 g/mol. The van der Waals surface area contributed by atoms with Crippen LogP contribution in [0.4, 0.5) is 0 Å². The van der Waals surface area contributed by atoms with Gasteiger partial charge in [0, 0.05) is 82.0 Å². The Kier molecular flexibility index (Phi) is 24.1. The van der Waals surface area contributed by atoms with Crippen LogP contribution >= 0.6 is 47.3 Å². The SMILES string of the molecule is C=CCO[C@@H]1OC(COP)[C@@H](O[C@@H]2OC(COP)[C@H](O)[C@H](O[C@]3(C(=O)OC)C[C@H](OC(C)=O)[C@@H](NC(C)=O)C([C@H](OC(C)=O)[C@@H](COC(C)=O)OC(C)=O)O3)C2OP)[C@H](OP)C1OP. The van der Waals surface area contributed by atoms with Crippen LogP contribution in [0.15, 0.2) is 12.7 Å². The lowest BCUT2D eigenvalue weighted by Crippen LogP contribution is -2.71. The van der Waals surface area contributed by atoms with Gasteiger partial charge in [-0.25, -0.2) is 4.79 Å². The zero-order valence-electron chi connectivity index (χ0n) is 35.8. The zero-order chi connectivity index (χ0) is 47.9. The molecule has 0 bridgehead atoms. The second-order valence-corrected chi connectivity index (χ2v) is 15.8. The van der Waals surface area contributed by atoms with Gasteiger partial charge in [-0.2, -0.15) is 0 Å². The van der Waals surface area contributed by atoms with Gasteiger partial charge in [-0.05, 0) is 0 Å². The van der Waals surface area contributed by atoms with E-state index in [2.05, 4.69) is 40.3 Å². The molecule has 0 radical (unpaired) electrons. The summed E-state index contributed by atoms with van der Waals surface area (Å²) in [5.74, 6) is -8.50. The number of amides is 1. The highest BCUT2D eigenvalue weighted by Gasteiger charge is 2.63. The van der Waals surface area contributed by atoms with E-state index in [-0.39, 0.29) is 19.8 Å². The number of carbonyl (C=O) groups excluding carboxylic acids is 6. The van der Waals surface area contributed by atoms with E-state index in [9.17, 15) is 33.9 Å². The highest BCUT2D eigenvalue weighted by atomic mass is 31.0. The summed E-state index contributed by atoms with van der Waals surface area (Å²) < 4.78 is 92.6. The monoisotopic (exact) mass is 1020 g/mol. The van der Waals surface area contributed by atoms with Crippen LogP contribution in [0.3, 0.4) is 0 Å². The maximum Gasteiger partial charge on any atom is 0.366 e. The van der Waals surface area contributed by atoms with Gasteiger partial charge < -0.3 is 85.1 Å². The number of hydrogen-bond acceptors (Lipinski definition) is 23. The lowest BCUT2D eigenvalue weighted by molar-refractivity contribution is -0.380. The van der Waals surface area contributed by atoms with Gasteiger partial charge in [0.25, 0.3) is 5.79 Å². The number of carbonyl (C=O) groups is 6. The number of ether oxygens (including phenoxy) is 11. The first-order valence-corrected chi connectivity index (χ1v) is 21.6. The molecule has 0 aromatic heterocycles. The molecule has 0 aromatic carbocycles. The van der Waals surface area contributed by atoms with Crippen molar-refractivity contribution < 1.29 is 109 Å². The van der Waals surface area contributed by atoms with Crippen molar-refractivity contribution in [1.29, 1.82) is 0 Å². The molecule has 0 aliphatic carbocycles. The molecule has 3 saturated heterocycles. The standard InChI is InChI=1S/C35H58NO23P5/c1-8-9-45-32-31(59-64)29(57-62)26(22(53-32)13-48-61)54-33-30(58-63)28(24(42)20(52-33)12-47-60)56-35(34(43)44-7)10-19(49-16(4)39)23(36-14(2)37)27(55-35)25(51-18(6)41)21(50-17(5)40)11-46-15(3)38/h8,19-33,42H,1,9-13,60-64H2,2-7H3,(H,36,37)/t19-,20?,21+,22?,23+,24-,25+,26+,27?,28-,29-,30?,31?,32+,33-,35-/m0/s1. The Bertz CT molecular complexity index is 1590. The number of nitrogens with one attached hydrogen (secondary N) is 1. The van der Waals surface area contributed by atoms with Crippen LogP contribution in [0.1, 0.15) is 41.0 Å². The van der Waals surface area contributed by atoms with E-state index < -0.39 is 146 Å². The number of hydrogen-bond donors (Lipinski definition) is 2. The van der Waals surface area contributed by atoms with Gasteiger partial charge in [0.1, 0.15) is 67.6 Å². The van der Waals surface area contributed by atoms with Gasteiger partial charge in [0.2, 0.25) is 5.91 Å². The molecular formula is C35H58NO23P5. The van der Waals surface area contributed by atoms with Gasteiger partial charge >= 0.3 is 29.8 Å². The Hall–Kier alpha value is -1.77. The number of aliphatic hydroxyl groups is 1. The van der Waals surface area contributed by atoms with Gasteiger partial charge in [-0.15, -0.1) is 6.58 Å². The maximum atomic E-state index is 14.3. The zero-order valence-corrected chi connectivity index (χ0v) is 41.6. The average Bonchev–Trinajstić information content (AvgIpc) is 3.22. The fourth-order valence-electron chi connectivity index (χ4n) is 7.27. The molecular weight excluding hydrogens is 957 g/mol. The molecule has 24 nitrogen and oxygen atoms in total. The number of methoxy groups -OCH3 is 1. The van der Waals surface area contributed by atoms with E-state index in [1.807, 2.05) is 18.9 Å². The Labute approximate surface area is 381 Å². The highest BCUT2D eigenvalue weighted by molar-refractivity contribution is 7.10. The molecule has 3 aliphatic heterocycles. The Morgan fingerprint density at radius 3 is 1.91 bits per heavy atom. The first-order chi connectivity index (χ1) is 30.3. The summed E-state index contributed by atoms with van der Waals surface area (Å²) in [6.45, 7) is 7.76. The topological polar surface area (TPSA) is 282 Å². The van der Waals surface area contributed by atoms with E-state index in [0.29, 0.717) is 0 Å². The summed E-state index contributed by atoms with van der Waals surface area (Å²) in [4.78, 5) is 76.9. The second kappa shape index (κ2) is 27.3. The van der Waals surface area contributed by atoms with Crippen LogP contribution in [0.25, 0.3) is 0 Å². The van der Waals surface area contributed by atoms with Gasteiger partial charge in [-0.1, -0.05) is 6.08 Å². The second-order valence-electron chi connectivity index (χ2n) is 14.3. The van der Waals surface area contributed by atoms with Crippen molar-refractivity contribution in [3.8, 4) is 0 Å². The van der Waals surface area contributed by atoms with Crippen molar-refractivity contribution in [3.05, 3.63) is 12.7 Å². The van der Waals surface area contributed by atoms with Crippen LogP contribution in [-0.2, 0) is 103 Å². The summed E-state index contributed by atoms with van der Waals surface area (Å²) in [6, 6.07) is -1.51. The van der Waals surface area contributed by atoms with Crippen molar-refractivity contribution in [3.63, 3.8) is 0 Å². The molecule has 3 heterocycles. The normalized spacial score (nSPS) is 33.7. The third-order valence-electron chi connectivity index (χ3n) is 9.69. The predicted molar refractivity (Wildman–Crippen MR) is 229 cm³/mol. The first kappa shape index (κ1) is 56.6. The third-order valence-corrected chi connectivity index (χ3v) is 11.0. The van der Waals surface area contributed by atoms with E-state index >= 15 is 0 Å². The summed E-state index contributed by atoms with van der Waals surface area (Å²) in [6.07, 6.45) is -19.3. The molecule has 3 rings (SSSR count). The van der Waals surface area contributed by atoms with E-state index in [1.165, 1.54) is 6.08 Å². The van der Waals surface area contributed by atoms with Crippen LogP contribution in [0, 0.1) is 0 Å². The summed E-state index contributed by atoms with van der Waals surface area (Å²) in [5, 5.41) is 14.5. The molecule has 3 aliphatic rings. The fourth-order valence-corrected chi connectivity index (χ4v) is 8.53. The molecule has 29 heteroatoms. The molecule has 3 fully saturated rings. The lowest BCUT2D eigenvalue weighted by atomic mass is 9.87. The van der Waals surface area contributed by atoms with E-state index in [1.54, 1.807) is 0 Å². The Balaban J connectivity index is 2.27. The van der Waals surface area contributed by atoms with E-state index in [4.69, 9.17) is 74.7 Å². The smallest absolute Gasteiger partial charge is 0.366 e. The van der Waals surface area contributed by atoms with Crippen molar-refractivity contribution in [2.75, 3.05) is 33.5 Å². The lowest BCUT2D eigenvalue weighted by Gasteiger charge is -2.52. The minimum atomic E-state index is -2.79. The maximum absolute atomic E-state index is 14.3. The molecule has 0 saturated carbocycles. The molecule has 0 aromatic rings. The van der Waals surface area contributed by atoms with Crippen LogP contribution < -0.4 is 5.32 Å². The summed E-state index contributed by atoms with van der Waals surface area (Å²) in [7, 11) is 11.3. The molecule has 2 N–H and O–H groups in total. The van der Waals surface area contributed by atoms with Crippen LogP contribution in [0.5, 0.6) is 0 Å². The van der Waals surface area contributed by atoms with Crippen molar-refractivity contribution in [2.24, 2.45) is 0 Å². The number of esters is 5. The fraction of sp³-hybridized carbons (Fsp3) is 0.771. The third kappa shape index (κ3) is 15.1. The molecule has 366 valence electrons. The minimum Gasteiger partial charge on any atom is -0.465 e. The van der Waals surface area contributed by atoms with Crippen LogP contribution in [-0.4, -0.2) is 172 Å². The van der Waals surface area contributed by atoms with Crippen molar-refractivity contribution in [1.82, 2.24) is 5.32 Å². The first-order valence-electron chi connectivity index (χ1n) is 19.3.